The summed E-state index contributed by atoms with van der Waals surface area (Å²) in [6.45, 7) is 13.4. The molecule has 0 aliphatic carbocycles. The number of anilines is 3. The molecular formula is C26H37N5O2. The molecule has 3 amide bonds. The van der Waals surface area contributed by atoms with Gasteiger partial charge in [-0.25, -0.2) is 4.79 Å². The van der Waals surface area contributed by atoms with Gasteiger partial charge in [0.25, 0.3) is 5.91 Å². The van der Waals surface area contributed by atoms with Gasteiger partial charge in [0, 0.05) is 43.2 Å². The lowest BCUT2D eigenvalue weighted by molar-refractivity contribution is 0.0949. The summed E-state index contributed by atoms with van der Waals surface area (Å²) in [5.74, 6) is -0.109. The number of carbonyl (C=O) groups excluding carboxylic acids is 2. The summed E-state index contributed by atoms with van der Waals surface area (Å²) in [5.41, 5.74) is 5.03. The monoisotopic (exact) mass is 451 g/mol. The fourth-order valence-corrected chi connectivity index (χ4v) is 4.23. The topological polar surface area (TPSA) is 76.7 Å². The summed E-state index contributed by atoms with van der Waals surface area (Å²) < 4.78 is 0. The smallest absolute Gasteiger partial charge is 0.323 e. The van der Waals surface area contributed by atoms with Gasteiger partial charge in [-0.15, -0.1) is 0 Å². The van der Waals surface area contributed by atoms with Crippen LogP contribution in [0.5, 0.6) is 0 Å². The Balaban J connectivity index is 1.73. The van der Waals surface area contributed by atoms with E-state index in [4.69, 9.17) is 0 Å². The van der Waals surface area contributed by atoms with Crippen molar-refractivity contribution in [1.82, 2.24) is 10.2 Å². The van der Waals surface area contributed by atoms with Gasteiger partial charge in [0.1, 0.15) is 0 Å². The minimum atomic E-state index is -0.330. The van der Waals surface area contributed by atoms with Crippen LogP contribution < -0.4 is 20.9 Å². The number of carbonyl (C=O) groups is 2. The molecular weight excluding hydrogens is 414 g/mol. The number of benzene rings is 2. The van der Waals surface area contributed by atoms with Gasteiger partial charge in [-0.2, -0.15) is 0 Å². The molecule has 0 spiro atoms. The minimum Gasteiger partial charge on any atom is -0.371 e. The summed E-state index contributed by atoms with van der Waals surface area (Å²) >= 11 is 0. The molecule has 1 fully saturated rings. The van der Waals surface area contributed by atoms with Crippen molar-refractivity contribution in [1.29, 1.82) is 0 Å². The number of hydrogen-bond acceptors (Lipinski definition) is 4. The van der Waals surface area contributed by atoms with Gasteiger partial charge in [-0.1, -0.05) is 31.5 Å². The fourth-order valence-electron chi connectivity index (χ4n) is 4.23. The highest BCUT2D eigenvalue weighted by Crippen LogP contribution is 2.28. The highest BCUT2D eigenvalue weighted by atomic mass is 16.2. The first-order valence-electron chi connectivity index (χ1n) is 12.0. The molecule has 178 valence electrons. The molecule has 1 aliphatic rings. The third-order valence-corrected chi connectivity index (χ3v) is 6.18. The number of urea groups is 1. The van der Waals surface area contributed by atoms with Crippen molar-refractivity contribution in [2.24, 2.45) is 0 Å². The summed E-state index contributed by atoms with van der Waals surface area (Å²) in [6.07, 6.45) is 2.25. The maximum atomic E-state index is 13.1. The normalized spacial score (nSPS) is 13.3. The Kier molecular flexibility index (Phi) is 8.72. The van der Waals surface area contributed by atoms with Gasteiger partial charge in [-0.3, -0.25) is 4.79 Å². The molecule has 0 unspecified atom stereocenters. The van der Waals surface area contributed by atoms with Crippen LogP contribution in [0.1, 0.15) is 48.2 Å². The van der Waals surface area contributed by atoms with Gasteiger partial charge in [0.2, 0.25) is 0 Å². The van der Waals surface area contributed by atoms with Crippen LogP contribution in [0.25, 0.3) is 0 Å². The molecule has 1 heterocycles. The van der Waals surface area contributed by atoms with Crippen LogP contribution in [0.2, 0.25) is 0 Å². The molecule has 0 aromatic heterocycles. The van der Waals surface area contributed by atoms with Gasteiger partial charge in [-0.05, 0) is 69.6 Å². The molecule has 1 saturated heterocycles. The Morgan fingerprint density at radius 3 is 2.36 bits per heavy atom. The molecule has 0 bridgehead atoms. The van der Waals surface area contributed by atoms with Crippen LogP contribution in [-0.4, -0.2) is 56.1 Å². The van der Waals surface area contributed by atoms with Gasteiger partial charge >= 0.3 is 6.03 Å². The van der Waals surface area contributed by atoms with Crippen molar-refractivity contribution in [3.63, 3.8) is 0 Å². The lowest BCUT2D eigenvalue weighted by atomic mass is 10.1. The summed E-state index contributed by atoms with van der Waals surface area (Å²) in [5, 5.41) is 8.84. The maximum Gasteiger partial charge on any atom is 0.323 e. The number of hydrogen-bond donors (Lipinski definition) is 3. The Morgan fingerprint density at radius 2 is 1.70 bits per heavy atom. The summed E-state index contributed by atoms with van der Waals surface area (Å²) in [7, 11) is 0. The van der Waals surface area contributed by atoms with Crippen LogP contribution in [0.15, 0.2) is 36.4 Å². The highest BCUT2D eigenvalue weighted by molar-refractivity contribution is 6.04. The molecule has 2 aromatic carbocycles. The Morgan fingerprint density at radius 1 is 0.970 bits per heavy atom. The largest absolute Gasteiger partial charge is 0.371 e. The Labute approximate surface area is 197 Å². The van der Waals surface area contributed by atoms with Gasteiger partial charge in [0.15, 0.2) is 0 Å². The molecule has 7 nitrogen and oxygen atoms in total. The second-order valence-electron chi connectivity index (χ2n) is 8.61. The number of nitrogens with zero attached hydrogens (tertiary/aromatic N) is 2. The van der Waals surface area contributed by atoms with E-state index in [-0.39, 0.29) is 11.9 Å². The van der Waals surface area contributed by atoms with E-state index in [9.17, 15) is 9.59 Å². The van der Waals surface area contributed by atoms with Gasteiger partial charge < -0.3 is 25.8 Å². The molecule has 7 heteroatoms. The van der Waals surface area contributed by atoms with E-state index in [1.165, 1.54) is 0 Å². The predicted octanol–water partition coefficient (Wildman–Crippen LogP) is 4.62. The lowest BCUT2D eigenvalue weighted by Gasteiger charge is -2.23. The van der Waals surface area contributed by atoms with Crippen LogP contribution >= 0.6 is 0 Å². The molecule has 2 aromatic rings. The van der Waals surface area contributed by atoms with Crippen molar-refractivity contribution >= 4 is 29.0 Å². The average molecular weight is 452 g/mol. The third-order valence-electron chi connectivity index (χ3n) is 6.18. The van der Waals surface area contributed by atoms with Crippen molar-refractivity contribution < 1.29 is 9.59 Å². The van der Waals surface area contributed by atoms with Crippen molar-refractivity contribution in [3.8, 4) is 0 Å². The molecule has 0 atom stereocenters. The molecule has 0 radical (unpaired) electrons. The maximum absolute atomic E-state index is 13.1. The average Bonchev–Trinajstić information content (AvgIpc) is 3.33. The first-order valence-corrected chi connectivity index (χ1v) is 12.0. The van der Waals surface area contributed by atoms with E-state index in [1.54, 1.807) is 6.07 Å². The SMILES string of the molecule is CCN(CC)CCNC(=O)c1cc(NC(=O)Nc2ccc(C)cc2C)ccc1N1CCCC1. The number of nitrogens with one attached hydrogen (secondary N) is 3. The summed E-state index contributed by atoms with van der Waals surface area (Å²) in [6, 6.07) is 11.1. The number of amides is 3. The standard InChI is InChI=1S/C26H37N5O2/c1-5-30(6-2)16-13-27-25(32)22-18-21(10-12-24(22)31-14-7-8-15-31)28-26(33)29-23-11-9-19(3)17-20(23)4/h9-12,17-18H,5-8,13-16H2,1-4H3,(H,27,32)(H2,28,29,33). The molecule has 1 aliphatic heterocycles. The van der Waals surface area contributed by atoms with E-state index in [0.717, 1.165) is 68.1 Å². The second-order valence-corrected chi connectivity index (χ2v) is 8.61. The first-order chi connectivity index (χ1) is 15.9. The molecule has 3 rings (SSSR count). The van der Waals surface area contributed by atoms with E-state index in [0.29, 0.717) is 17.8 Å². The van der Waals surface area contributed by atoms with Crippen LogP contribution in [0.3, 0.4) is 0 Å². The Hall–Kier alpha value is -3.06. The fraction of sp³-hybridized carbons (Fsp3) is 0.462. The zero-order chi connectivity index (χ0) is 23.8. The zero-order valence-corrected chi connectivity index (χ0v) is 20.3. The zero-order valence-electron chi connectivity index (χ0n) is 20.3. The van der Waals surface area contributed by atoms with E-state index in [1.807, 2.05) is 44.2 Å². The van der Waals surface area contributed by atoms with Crippen molar-refractivity contribution in [2.75, 3.05) is 54.8 Å². The summed E-state index contributed by atoms with van der Waals surface area (Å²) in [4.78, 5) is 30.2. The number of likely N-dealkylation sites (N-methyl/N-ethyl adjacent to an activating group) is 1. The Bertz CT molecular complexity index is 965. The number of aryl methyl sites for hydroxylation is 2. The quantitative estimate of drug-likeness (QED) is 0.520. The number of rotatable bonds is 9. The molecule has 3 N–H and O–H groups in total. The third kappa shape index (κ3) is 6.71. The van der Waals surface area contributed by atoms with Gasteiger partial charge in [0.05, 0.1) is 5.56 Å². The first kappa shape index (κ1) is 24.6. The van der Waals surface area contributed by atoms with Crippen LogP contribution in [0.4, 0.5) is 21.9 Å². The predicted molar refractivity (Wildman–Crippen MR) is 137 cm³/mol. The van der Waals surface area contributed by atoms with Crippen LogP contribution in [0, 0.1) is 13.8 Å². The van der Waals surface area contributed by atoms with E-state index < -0.39 is 0 Å². The second kappa shape index (κ2) is 11.7. The minimum absolute atomic E-state index is 0.109. The highest BCUT2D eigenvalue weighted by Gasteiger charge is 2.20. The lowest BCUT2D eigenvalue weighted by Crippen LogP contribution is -2.35. The molecule has 0 saturated carbocycles. The van der Waals surface area contributed by atoms with Crippen LogP contribution in [-0.2, 0) is 0 Å². The van der Waals surface area contributed by atoms with Crippen molar-refractivity contribution in [3.05, 3.63) is 53.1 Å². The molecule has 33 heavy (non-hydrogen) atoms. The van der Waals surface area contributed by atoms with E-state index in [2.05, 4.69) is 39.6 Å². The van der Waals surface area contributed by atoms with Crippen molar-refractivity contribution in [2.45, 2.75) is 40.5 Å². The van der Waals surface area contributed by atoms with E-state index >= 15 is 0 Å².